The molecule has 0 bridgehead atoms. The highest BCUT2D eigenvalue weighted by Gasteiger charge is 2.26. The summed E-state index contributed by atoms with van der Waals surface area (Å²) in [7, 11) is -3.64. The molecule has 0 saturated carbocycles. The molecular formula is C25H29ClN4O3S3. The van der Waals surface area contributed by atoms with E-state index in [1.165, 1.54) is 44.7 Å². The van der Waals surface area contributed by atoms with E-state index in [1.807, 2.05) is 0 Å². The number of rotatable bonds is 6. The first-order valence-corrected chi connectivity index (χ1v) is 15.9. The van der Waals surface area contributed by atoms with Crippen molar-refractivity contribution in [2.45, 2.75) is 61.8 Å². The first kappa shape index (κ1) is 25.9. The maximum Gasteiger partial charge on any atom is 0.243 e. The van der Waals surface area contributed by atoms with Crippen LogP contribution in [0.5, 0.6) is 0 Å². The minimum atomic E-state index is -3.64. The zero-order valence-electron chi connectivity index (χ0n) is 20.1. The maximum atomic E-state index is 13.2. The van der Waals surface area contributed by atoms with Gasteiger partial charge in [-0.1, -0.05) is 43.1 Å². The molecule has 5 rings (SSSR count). The number of amides is 1. The molecule has 0 spiro atoms. The third kappa shape index (κ3) is 5.43. The van der Waals surface area contributed by atoms with Gasteiger partial charge < -0.3 is 5.32 Å². The van der Waals surface area contributed by atoms with E-state index in [0.717, 1.165) is 60.2 Å². The van der Waals surface area contributed by atoms with Gasteiger partial charge in [-0.25, -0.2) is 18.4 Å². The number of anilines is 1. The van der Waals surface area contributed by atoms with Gasteiger partial charge in [0, 0.05) is 23.4 Å². The molecule has 1 aliphatic carbocycles. The lowest BCUT2D eigenvalue weighted by Gasteiger charge is -2.20. The number of hydrogen-bond acceptors (Lipinski definition) is 7. The molecule has 1 amide bonds. The van der Waals surface area contributed by atoms with Crippen LogP contribution in [0.25, 0.3) is 10.2 Å². The van der Waals surface area contributed by atoms with E-state index in [9.17, 15) is 13.2 Å². The summed E-state index contributed by atoms with van der Waals surface area (Å²) in [5.41, 5.74) is 1.62. The van der Waals surface area contributed by atoms with Crippen LogP contribution in [0, 0.1) is 5.92 Å². The van der Waals surface area contributed by atoms with E-state index in [2.05, 4.69) is 22.2 Å². The Balaban J connectivity index is 1.30. The molecule has 7 nitrogen and oxygen atoms in total. The fraction of sp³-hybridized carbons (Fsp3) is 0.480. The first-order chi connectivity index (χ1) is 17.3. The number of thiophene rings is 1. The largest absolute Gasteiger partial charge is 0.324 e. The van der Waals surface area contributed by atoms with Gasteiger partial charge in [0.15, 0.2) is 0 Å². The van der Waals surface area contributed by atoms with Gasteiger partial charge in [-0.2, -0.15) is 4.31 Å². The highest BCUT2D eigenvalue weighted by molar-refractivity contribution is 8.00. The van der Waals surface area contributed by atoms with Crippen molar-refractivity contribution in [3.05, 3.63) is 40.0 Å². The standard InChI is InChI=1S/C25H29ClN4O3S3/c1-16-6-8-18-21(12-16)35-25-23(18)24(27-15-28-25)34-14-22(31)29-20-13-17(7-9-19(20)26)36(32,33)30-10-4-2-3-5-11-30/h7,9,13,15-16H,2-6,8,10-12,14H2,1H3,(H,29,31)/t16-/m0/s1. The Labute approximate surface area is 225 Å². The average Bonchev–Trinajstić information content (AvgIpc) is 3.02. The topological polar surface area (TPSA) is 92.3 Å². The summed E-state index contributed by atoms with van der Waals surface area (Å²) in [6.07, 6.45) is 8.57. The van der Waals surface area contributed by atoms with Crippen molar-refractivity contribution in [1.29, 1.82) is 0 Å². The van der Waals surface area contributed by atoms with E-state index in [-0.39, 0.29) is 16.6 Å². The maximum absolute atomic E-state index is 13.2. The lowest BCUT2D eigenvalue weighted by atomic mass is 9.89. The summed E-state index contributed by atoms with van der Waals surface area (Å²) in [6.45, 7) is 3.31. The van der Waals surface area contributed by atoms with Crippen molar-refractivity contribution < 1.29 is 13.2 Å². The molecule has 1 atom stereocenters. The normalized spacial score (nSPS) is 19.1. The summed E-state index contributed by atoms with van der Waals surface area (Å²) in [5, 5.41) is 4.99. The number of aromatic nitrogens is 2. The molecule has 192 valence electrons. The van der Waals surface area contributed by atoms with Crippen molar-refractivity contribution in [1.82, 2.24) is 14.3 Å². The highest BCUT2D eigenvalue weighted by atomic mass is 35.5. The van der Waals surface area contributed by atoms with Crippen molar-refractivity contribution >= 4 is 66.5 Å². The van der Waals surface area contributed by atoms with Crippen LogP contribution in [-0.4, -0.2) is 47.4 Å². The molecule has 2 aromatic heterocycles. The number of carbonyl (C=O) groups is 1. The third-order valence-corrected chi connectivity index (χ3v) is 11.2. The first-order valence-electron chi connectivity index (χ1n) is 12.3. The monoisotopic (exact) mass is 564 g/mol. The zero-order valence-corrected chi connectivity index (χ0v) is 23.3. The average molecular weight is 565 g/mol. The number of sulfonamides is 1. The SMILES string of the molecule is C[C@H]1CCc2c(sc3ncnc(SCC(=O)Nc4cc(S(=O)(=O)N5CCCCCC5)ccc4Cl)c23)C1. The Morgan fingerprint density at radius 2 is 2.00 bits per heavy atom. The van der Waals surface area contributed by atoms with Crippen LogP contribution >= 0.6 is 34.7 Å². The summed E-state index contributed by atoms with van der Waals surface area (Å²) < 4.78 is 27.9. The van der Waals surface area contributed by atoms with E-state index in [4.69, 9.17) is 11.6 Å². The second-order valence-corrected chi connectivity index (χ2v) is 13.9. The molecule has 0 radical (unpaired) electrons. The molecule has 3 aromatic rings. The number of carbonyl (C=O) groups excluding carboxylic acids is 1. The highest BCUT2D eigenvalue weighted by Crippen LogP contribution is 2.40. The van der Waals surface area contributed by atoms with Crippen LogP contribution in [-0.2, 0) is 27.7 Å². The quantitative estimate of drug-likeness (QED) is 0.302. The lowest BCUT2D eigenvalue weighted by molar-refractivity contribution is -0.113. The lowest BCUT2D eigenvalue weighted by Crippen LogP contribution is -2.32. The molecule has 1 aromatic carbocycles. The number of halogens is 1. The second kappa shape index (κ2) is 10.9. The van der Waals surface area contributed by atoms with Crippen LogP contribution in [0.4, 0.5) is 5.69 Å². The van der Waals surface area contributed by atoms with Gasteiger partial charge in [-0.3, -0.25) is 4.79 Å². The Morgan fingerprint density at radius 1 is 1.22 bits per heavy atom. The minimum absolute atomic E-state index is 0.132. The van der Waals surface area contributed by atoms with Gasteiger partial charge in [-0.05, 0) is 61.8 Å². The molecule has 11 heteroatoms. The third-order valence-electron chi connectivity index (χ3n) is 6.81. The van der Waals surface area contributed by atoms with Crippen LogP contribution in [0.3, 0.4) is 0 Å². The predicted molar refractivity (Wildman–Crippen MR) is 147 cm³/mol. The van der Waals surface area contributed by atoms with E-state index < -0.39 is 10.0 Å². The smallest absolute Gasteiger partial charge is 0.243 e. The summed E-state index contributed by atoms with van der Waals surface area (Å²) in [6, 6.07) is 4.50. The van der Waals surface area contributed by atoms with Crippen LogP contribution in [0.15, 0.2) is 34.4 Å². The fourth-order valence-electron chi connectivity index (χ4n) is 4.87. The Hall–Kier alpha value is -1.72. The fourth-order valence-corrected chi connectivity index (χ4v) is 8.82. The number of thioether (sulfide) groups is 1. The van der Waals surface area contributed by atoms with Crippen molar-refractivity contribution in [3.63, 3.8) is 0 Å². The van der Waals surface area contributed by atoms with Crippen LogP contribution in [0.2, 0.25) is 5.02 Å². The molecular weight excluding hydrogens is 536 g/mol. The number of benzene rings is 1. The van der Waals surface area contributed by atoms with E-state index in [1.54, 1.807) is 17.7 Å². The number of hydrogen-bond donors (Lipinski definition) is 1. The molecule has 36 heavy (non-hydrogen) atoms. The number of nitrogens with zero attached hydrogens (tertiary/aromatic N) is 3. The van der Waals surface area contributed by atoms with Crippen LogP contribution < -0.4 is 5.32 Å². The van der Waals surface area contributed by atoms with Gasteiger partial charge in [-0.15, -0.1) is 11.3 Å². The number of fused-ring (bicyclic) bond motifs is 3. The van der Waals surface area contributed by atoms with Gasteiger partial charge in [0.25, 0.3) is 0 Å². The summed E-state index contributed by atoms with van der Waals surface area (Å²) in [5.74, 6) is 0.534. The Bertz CT molecular complexity index is 1380. The Kier molecular flexibility index (Phi) is 7.88. The Morgan fingerprint density at radius 3 is 2.78 bits per heavy atom. The van der Waals surface area contributed by atoms with Gasteiger partial charge >= 0.3 is 0 Å². The second-order valence-electron chi connectivity index (χ2n) is 9.51. The molecule has 1 aliphatic heterocycles. The van der Waals surface area contributed by atoms with Gasteiger partial charge in [0.05, 0.1) is 21.4 Å². The molecule has 1 saturated heterocycles. The van der Waals surface area contributed by atoms with Gasteiger partial charge in [0.2, 0.25) is 15.9 Å². The van der Waals surface area contributed by atoms with Crippen molar-refractivity contribution in [2.24, 2.45) is 5.92 Å². The molecule has 2 aliphatic rings. The number of aryl methyl sites for hydroxylation is 1. The molecule has 0 unspecified atom stereocenters. The molecule has 1 fully saturated rings. The summed E-state index contributed by atoms with van der Waals surface area (Å²) >= 11 is 9.42. The number of nitrogens with one attached hydrogen (secondary N) is 1. The predicted octanol–water partition coefficient (Wildman–Crippen LogP) is 5.77. The molecule has 3 heterocycles. The zero-order chi connectivity index (χ0) is 25.3. The van der Waals surface area contributed by atoms with E-state index in [0.29, 0.717) is 29.7 Å². The van der Waals surface area contributed by atoms with Gasteiger partial charge in [0.1, 0.15) is 16.2 Å². The minimum Gasteiger partial charge on any atom is -0.324 e. The summed E-state index contributed by atoms with van der Waals surface area (Å²) in [4.78, 5) is 24.3. The molecule has 1 N–H and O–H groups in total. The van der Waals surface area contributed by atoms with E-state index >= 15 is 0 Å². The van der Waals surface area contributed by atoms with Crippen molar-refractivity contribution in [3.8, 4) is 0 Å². The van der Waals surface area contributed by atoms with Crippen LogP contribution in [0.1, 0.15) is 49.5 Å². The van der Waals surface area contributed by atoms with Crippen molar-refractivity contribution in [2.75, 3.05) is 24.2 Å².